The van der Waals surface area contributed by atoms with E-state index in [9.17, 15) is 0 Å². The highest BCUT2D eigenvalue weighted by Gasteiger charge is 2.19. The van der Waals surface area contributed by atoms with Crippen LogP contribution in [0, 0.1) is 5.92 Å². The molecule has 0 atom stereocenters. The molecule has 1 aromatic rings. The molecule has 0 aliphatic carbocycles. The molecule has 1 saturated heterocycles. The van der Waals surface area contributed by atoms with E-state index in [4.69, 9.17) is 5.73 Å². The second kappa shape index (κ2) is 6.71. The summed E-state index contributed by atoms with van der Waals surface area (Å²) in [6, 6.07) is 4.12. The molecule has 2 rings (SSSR count). The van der Waals surface area contributed by atoms with Gasteiger partial charge in [0, 0.05) is 32.9 Å². The third-order valence-corrected chi connectivity index (χ3v) is 3.77. The van der Waals surface area contributed by atoms with Gasteiger partial charge in [0.1, 0.15) is 0 Å². The van der Waals surface area contributed by atoms with Crippen molar-refractivity contribution in [2.24, 2.45) is 11.7 Å². The largest absolute Gasteiger partial charge is 0.373 e. The van der Waals surface area contributed by atoms with Gasteiger partial charge in [-0.1, -0.05) is 0 Å². The van der Waals surface area contributed by atoms with E-state index in [0.29, 0.717) is 0 Å². The molecule has 2 heterocycles. The zero-order chi connectivity index (χ0) is 12.8. The first kappa shape index (κ1) is 13.3. The van der Waals surface area contributed by atoms with Gasteiger partial charge < -0.3 is 15.5 Å². The van der Waals surface area contributed by atoms with Crippen molar-refractivity contribution in [3.05, 3.63) is 24.5 Å². The normalized spacial score (nSPS) is 17.9. The molecular weight excluding hydrogens is 224 g/mol. The number of anilines is 1. The number of pyridine rings is 1. The highest BCUT2D eigenvalue weighted by atomic mass is 15.1. The molecule has 100 valence electrons. The van der Waals surface area contributed by atoms with Gasteiger partial charge in [0.2, 0.25) is 0 Å². The minimum Gasteiger partial charge on any atom is -0.373 e. The predicted molar refractivity (Wildman–Crippen MR) is 75.7 cm³/mol. The Morgan fingerprint density at radius 2 is 2.22 bits per heavy atom. The summed E-state index contributed by atoms with van der Waals surface area (Å²) < 4.78 is 0. The Balaban J connectivity index is 1.78. The van der Waals surface area contributed by atoms with E-state index in [1.807, 2.05) is 18.5 Å². The van der Waals surface area contributed by atoms with E-state index in [-0.39, 0.29) is 0 Å². The van der Waals surface area contributed by atoms with Crippen molar-refractivity contribution in [1.82, 2.24) is 9.88 Å². The molecule has 1 aliphatic heterocycles. The van der Waals surface area contributed by atoms with Crippen LogP contribution in [0.1, 0.15) is 12.8 Å². The van der Waals surface area contributed by atoms with Crippen LogP contribution in [0.4, 0.5) is 5.69 Å². The smallest absolute Gasteiger partial charge is 0.0550 e. The second-order valence-corrected chi connectivity index (χ2v) is 5.17. The Morgan fingerprint density at radius 1 is 1.44 bits per heavy atom. The second-order valence-electron chi connectivity index (χ2n) is 5.17. The summed E-state index contributed by atoms with van der Waals surface area (Å²) in [5, 5.41) is 0. The number of nitrogens with zero attached hydrogens (tertiary/aromatic N) is 3. The Hall–Kier alpha value is -1.13. The summed E-state index contributed by atoms with van der Waals surface area (Å²) in [5.74, 6) is 0.796. The molecule has 0 bridgehead atoms. The molecule has 0 aromatic carbocycles. The zero-order valence-electron chi connectivity index (χ0n) is 11.3. The van der Waals surface area contributed by atoms with Gasteiger partial charge in [-0.3, -0.25) is 4.98 Å². The molecule has 1 aromatic heterocycles. The Kier molecular flexibility index (Phi) is 4.96. The van der Waals surface area contributed by atoms with E-state index >= 15 is 0 Å². The highest BCUT2D eigenvalue weighted by molar-refractivity contribution is 5.42. The van der Waals surface area contributed by atoms with Crippen LogP contribution in [0.15, 0.2) is 24.5 Å². The van der Waals surface area contributed by atoms with Gasteiger partial charge in [0.25, 0.3) is 0 Å². The average molecular weight is 248 g/mol. The van der Waals surface area contributed by atoms with Crippen molar-refractivity contribution in [1.29, 1.82) is 0 Å². The van der Waals surface area contributed by atoms with Crippen LogP contribution in [-0.4, -0.2) is 49.7 Å². The molecule has 1 fully saturated rings. The SMILES string of the molecule is CN(CC1CCN(CCN)CC1)c1cccnc1. The number of likely N-dealkylation sites (tertiary alicyclic amines) is 1. The first-order chi connectivity index (χ1) is 8.79. The first-order valence-electron chi connectivity index (χ1n) is 6.83. The Morgan fingerprint density at radius 3 is 2.83 bits per heavy atom. The number of rotatable bonds is 5. The lowest BCUT2D eigenvalue weighted by atomic mass is 9.96. The summed E-state index contributed by atoms with van der Waals surface area (Å²) in [6.07, 6.45) is 6.32. The lowest BCUT2D eigenvalue weighted by Gasteiger charge is -2.34. The molecule has 0 radical (unpaired) electrons. The van der Waals surface area contributed by atoms with Crippen LogP contribution in [0.25, 0.3) is 0 Å². The van der Waals surface area contributed by atoms with Gasteiger partial charge in [0.15, 0.2) is 0 Å². The van der Waals surface area contributed by atoms with E-state index in [0.717, 1.165) is 25.6 Å². The predicted octanol–water partition coefficient (Wildman–Crippen LogP) is 1.19. The molecule has 2 N–H and O–H groups in total. The summed E-state index contributed by atoms with van der Waals surface area (Å²) in [5.41, 5.74) is 6.80. The van der Waals surface area contributed by atoms with Crippen LogP contribution in [-0.2, 0) is 0 Å². The topological polar surface area (TPSA) is 45.4 Å². The molecule has 0 unspecified atom stereocenters. The summed E-state index contributed by atoms with van der Waals surface area (Å²) in [4.78, 5) is 8.96. The van der Waals surface area contributed by atoms with Crippen molar-refractivity contribution < 1.29 is 0 Å². The number of hydrogen-bond donors (Lipinski definition) is 1. The fourth-order valence-electron chi connectivity index (χ4n) is 2.65. The van der Waals surface area contributed by atoms with Gasteiger partial charge in [-0.15, -0.1) is 0 Å². The molecule has 0 saturated carbocycles. The molecular formula is C14H24N4. The van der Waals surface area contributed by atoms with Gasteiger partial charge in [-0.25, -0.2) is 0 Å². The van der Waals surface area contributed by atoms with Crippen LogP contribution < -0.4 is 10.6 Å². The van der Waals surface area contributed by atoms with Crippen LogP contribution in [0.5, 0.6) is 0 Å². The maximum absolute atomic E-state index is 5.59. The van der Waals surface area contributed by atoms with E-state index in [1.54, 1.807) is 0 Å². The molecule has 18 heavy (non-hydrogen) atoms. The minimum absolute atomic E-state index is 0.778. The monoisotopic (exact) mass is 248 g/mol. The molecule has 0 spiro atoms. The maximum Gasteiger partial charge on any atom is 0.0550 e. The van der Waals surface area contributed by atoms with Crippen molar-refractivity contribution >= 4 is 5.69 Å². The van der Waals surface area contributed by atoms with Crippen molar-refractivity contribution in [2.45, 2.75) is 12.8 Å². The fraction of sp³-hybridized carbons (Fsp3) is 0.643. The lowest BCUT2D eigenvalue weighted by Crippen LogP contribution is -2.40. The maximum atomic E-state index is 5.59. The van der Waals surface area contributed by atoms with E-state index < -0.39 is 0 Å². The zero-order valence-corrected chi connectivity index (χ0v) is 11.3. The van der Waals surface area contributed by atoms with Gasteiger partial charge in [-0.2, -0.15) is 0 Å². The molecule has 4 heteroatoms. The minimum atomic E-state index is 0.778. The highest BCUT2D eigenvalue weighted by Crippen LogP contribution is 2.20. The lowest BCUT2D eigenvalue weighted by molar-refractivity contribution is 0.191. The van der Waals surface area contributed by atoms with Crippen molar-refractivity contribution in [3.63, 3.8) is 0 Å². The number of piperidine rings is 1. The Bertz CT molecular complexity index is 333. The fourth-order valence-corrected chi connectivity index (χ4v) is 2.65. The molecule has 0 amide bonds. The third kappa shape index (κ3) is 3.68. The molecule has 1 aliphatic rings. The van der Waals surface area contributed by atoms with Crippen LogP contribution >= 0.6 is 0 Å². The average Bonchev–Trinajstić information content (AvgIpc) is 2.42. The van der Waals surface area contributed by atoms with Gasteiger partial charge in [-0.05, 0) is 44.0 Å². The standard InChI is InChI=1S/C14H24N4/c1-17(14-3-2-7-16-11-14)12-13-4-8-18(9-5-13)10-6-15/h2-3,7,11,13H,4-6,8-10,12,15H2,1H3. The Labute approximate surface area is 110 Å². The van der Waals surface area contributed by atoms with Gasteiger partial charge in [0.05, 0.1) is 11.9 Å². The molecule has 4 nitrogen and oxygen atoms in total. The van der Waals surface area contributed by atoms with Crippen LogP contribution in [0.2, 0.25) is 0 Å². The van der Waals surface area contributed by atoms with Gasteiger partial charge >= 0.3 is 0 Å². The van der Waals surface area contributed by atoms with Crippen molar-refractivity contribution in [3.8, 4) is 0 Å². The number of aromatic nitrogens is 1. The van der Waals surface area contributed by atoms with Crippen LogP contribution in [0.3, 0.4) is 0 Å². The summed E-state index contributed by atoms with van der Waals surface area (Å²) in [7, 11) is 2.16. The third-order valence-electron chi connectivity index (χ3n) is 3.77. The number of hydrogen-bond acceptors (Lipinski definition) is 4. The summed E-state index contributed by atoms with van der Waals surface area (Å²) >= 11 is 0. The number of nitrogens with two attached hydrogens (primary N) is 1. The quantitative estimate of drug-likeness (QED) is 0.850. The van der Waals surface area contributed by atoms with E-state index in [2.05, 4.69) is 27.9 Å². The summed E-state index contributed by atoms with van der Waals surface area (Å²) in [6.45, 7) is 5.35. The van der Waals surface area contributed by atoms with Crippen molar-refractivity contribution in [2.75, 3.05) is 44.7 Å². The van der Waals surface area contributed by atoms with E-state index in [1.165, 1.54) is 31.6 Å². The first-order valence-corrected chi connectivity index (χ1v) is 6.83.